The van der Waals surface area contributed by atoms with Crippen molar-refractivity contribution in [3.05, 3.63) is 132 Å². The minimum Gasteiger partial charge on any atom is -0.465 e. The Labute approximate surface area is 239 Å². The van der Waals surface area contributed by atoms with Crippen molar-refractivity contribution in [1.82, 2.24) is 19.3 Å². The second-order valence-corrected chi connectivity index (χ2v) is 10.1. The fourth-order valence-corrected chi connectivity index (χ4v) is 5.30. The molecule has 6 aromatic rings. The number of aromatic nitrogens is 4. The zero-order valence-electron chi connectivity index (χ0n) is 23.4. The first-order valence-electron chi connectivity index (χ1n) is 13.5. The molecule has 7 heteroatoms. The summed E-state index contributed by atoms with van der Waals surface area (Å²) in [6.07, 6.45) is 3.59. The summed E-state index contributed by atoms with van der Waals surface area (Å²) in [6.45, 7) is 3.29. The molecule has 204 valence electrons. The highest BCUT2D eigenvalue weighted by atomic mass is 16.5. The third kappa shape index (κ3) is 5.22. The van der Waals surface area contributed by atoms with Crippen LogP contribution in [0.25, 0.3) is 27.8 Å². The van der Waals surface area contributed by atoms with Crippen LogP contribution in [0.3, 0.4) is 0 Å². The molecule has 3 heterocycles. The maximum Gasteiger partial charge on any atom is 0.340 e. The molecule has 0 atom stereocenters. The van der Waals surface area contributed by atoms with Gasteiger partial charge >= 0.3 is 5.97 Å². The Morgan fingerprint density at radius 2 is 1.56 bits per heavy atom. The van der Waals surface area contributed by atoms with E-state index in [0.717, 1.165) is 39.4 Å². The Kier molecular flexibility index (Phi) is 7.08. The van der Waals surface area contributed by atoms with E-state index in [1.54, 1.807) is 6.20 Å². The zero-order chi connectivity index (χ0) is 28.3. The molecule has 0 unspecified atom stereocenters. The first-order chi connectivity index (χ1) is 20.0. The number of hydrogen-bond donors (Lipinski definition) is 0. The van der Waals surface area contributed by atoms with E-state index >= 15 is 0 Å². The van der Waals surface area contributed by atoms with E-state index in [1.165, 1.54) is 18.2 Å². The number of anilines is 1. The van der Waals surface area contributed by atoms with Crippen LogP contribution < -0.4 is 4.90 Å². The summed E-state index contributed by atoms with van der Waals surface area (Å²) >= 11 is 0. The summed E-state index contributed by atoms with van der Waals surface area (Å²) in [5.41, 5.74) is 7.54. The molecule has 0 amide bonds. The molecule has 3 aromatic carbocycles. The molecular weight excluding hydrogens is 510 g/mol. The molecule has 0 fully saturated rings. The van der Waals surface area contributed by atoms with Crippen molar-refractivity contribution in [2.45, 2.75) is 20.0 Å². The lowest BCUT2D eigenvalue weighted by Gasteiger charge is -2.26. The second-order valence-electron chi connectivity index (χ2n) is 10.1. The average molecular weight is 542 g/mol. The van der Waals surface area contributed by atoms with Crippen molar-refractivity contribution in [2.24, 2.45) is 7.05 Å². The Hall–Kier alpha value is -5.17. The van der Waals surface area contributed by atoms with Gasteiger partial charge in [0.15, 0.2) is 5.82 Å². The van der Waals surface area contributed by atoms with Crippen LogP contribution in [0.5, 0.6) is 0 Å². The van der Waals surface area contributed by atoms with E-state index in [9.17, 15) is 4.79 Å². The first-order valence-corrected chi connectivity index (χ1v) is 13.5. The third-order valence-electron chi connectivity index (χ3n) is 7.32. The summed E-state index contributed by atoms with van der Waals surface area (Å²) in [6, 6.07) is 33.0. The summed E-state index contributed by atoms with van der Waals surface area (Å²) in [7, 11) is 3.43. The smallest absolute Gasteiger partial charge is 0.340 e. The highest BCUT2D eigenvalue weighted by Gasteiger charge is 2.23. The van der Waals surface area contributed by atoms with Crippen molar-refractivity contribution in [2.75, 3.05) is 12.0 Å². The van der Waals surface area contributed by atoms with Gasteiger partial charge in [0, 0.05) is 49.2 Å². The Bertz CT molecular complexity index is 1780. The van der Waals surface area contributed by atoms with Gasteiger partial charge in [0.25, 0.3) is 0 Å². The molecule has 0 aliphatic heterocycles. The largest absolute Gasteiger partial charge is 0.465 e. The first kappa shape index (κ1) is 26.1. The summed E-state index contributed by atoms with van der Waals surface area (Å²) in [4.78, 5) is 20.1. The molecule has 0 radical (unpaired) electrons. The van der Waals surface area contributed by atoms with Crippen LogP contribution in [0.4, 0.5) is 5.82 Å². The third-order valence-corrected chi connectivity index (χ3v) is 7.32. The lowest BCUT2D eigenvalue weighted by molar-refractivity contribution is 0.0602. The topological polar surface area (TPSA) is 65.2 Å². The van der Waals surface area contributed by atoms with Gasteiger partial charge in [-0.1, -0.05) is 72.8 Å². The molecule has 0 aliphatic rings. The number of carbonyl (C=O) groups excluding carboxylic acids is 1. The Morgan fingerprint density at radius 1 is 0.878 bits per heavy atom. The van der Waals surface area contributed by atoms with Crippen LogP contribution in [-0.2, 0) is 24.9 Å². The zero-order valence-corrected chi connectivity index (χ0v) is 23.4. The molecule has 7 nitrogen and oxygen atoms in total. The van der Waals surface area contributed by atoms with Crippen molar-refractivity contribution < 1.29 is 9.53 Å². The molecule has 0 saturated carbocycles. The maximum atomic E-state index is 12.9. The number of esters is 1. The molecule has 6 rings (SSSR count). The highest BCUT2D eigenvalue weighted by Crippen LogP contribution is 2.36. The van der Waals surface area contributed by atoms with Gasteiger partial charge in [-0.15, -0.1) is 0 Å². The Balaban J connectivity index is 1.53. The number of ether oxygens (including phenoxy) is 1. The number of hydrogen-bond acceptors (Lipinski definition) is 5. The van der Waals surface area contributed by atoms with E-state index in [1.807, 2.05) is 79.4 Å². The molecule has 41 heavy (non-hydrogen) atoms. The number of benzene rings is 3. The highest BCUT2D eigenvalue weighted by molar-refractivity contribution is 6.08. The number of carbonyl (C=O) groups is 1. The number of fused-ring (bicyclic) bond motifs is 1. The fraction of sp³-hybridized carbons (Fsp3) is 0.147. The van der Waals surface area contributed by atoms with Gasteiger partial charge in [0.2, 0.25) is 0 Å². The summed E-state index contributed by atoms with van der Waals surface area (Å²) < 4.78 is 9.15. The minimum atomic E-state index is -0.412. The van der Waals surface area contributed by atoms with E-state index in [4.69, 9.17) is 9.72 Å². The quantitative estimate of drug-likeness (QED) is 0.200. The van der Waals surface area contributed by atoms with E-state index in [2.05, 4.69) is 57.0 Å². The Morgan fingerprint density at radius 3 is 2.17 bits per heavy atom. The van der Waals surface area contributed by atoms with Crippen LogP contribution in [0.2, 0.25) is 0 Å². The number of nitrogens with zero attached hydrogens (tertiary/aromatic N) is 5. The molecule has 0 bridgehead atoms. The molecule has 0 aliphatic carbocycles. The number of aryl methyl sites for hydroxylation is 2. The van der Waals surface area contributed by atoms with Gasteiger partial charge in [-0.2, -0.15) is 5.10 Å². The summed E-state index contributed by atoms with van der Waals surface area (Å²) in [5.74, 6) is 0.387. The van der Waals surface area contributed by atoms with Gasteiger partial charge in [-0.3, -0.25) is 0 Å². The van der Waals surface area contributed by atoms with Gasteiger partial charge < -0.3 is 14.2 Å². The average Bonchev–Trinajstić information content (AvgIpc) is 3.60. The number of rotatable bonds is 8. The predicted octanol–water partition coefficient (Wildman–Crippen LogP) is 6.73. The monoisotopic (exact) mass is 541 g/mol. The predicted molar refractivity (Wildman–Crippen MR) is 162 cm³/mol. The lowest BCUT2D eigenvalue weighted by atomic mass is 10.1. The molecule has 3 aromatic heterocycles. The normalized spacial score (nSPS) is 11.1. The van der Waals surface area contributed by atoms with Crippen molar-refractivity contribution >= 4 is 22.7 Å². The van der Waals surface area contributed by atoms with Crippen LogP contribution in [0.15, 0.2) is 109 Å². The standard InChI is InChI=1S/C34H31N5O2/c1-24-17-18-39(36-24)28-16-10-15-27(19-28)31-20-29-30(34(40)41-3)21-35-33(32(29)37(31)2)38(22-25-11-6-4-7-12-25)23-26-13-8-5-9-14-26/h4-21H,22-23H2,1-3H3. The van der Waals surface area contributed by atoms with Crippen molar-refractivity contribution in [3.8, 4) is 16.9 Å². The van der Waals surface area contributed by atoms with E-state index < -0.39 is 5.97 Å². The second kappa shape index (κ2) is 11.1. The van der Waals surface area contributed by atoms with E-state index in [0.29, 0.717) is 18.7 Å². The van der Waals surface area contributed by atoms with E-state index in [-0.39, 0.29) is 0 Å². The molecule has 0 saturated heterocycles. The maximum absolute atomic E-state index is 12.9. The SMILES string of the molecule is COC(=O)c1cnc(N(Cc2ccccc2)Cc2ccccc2)c2c1cc(-c1cccc(-n3ccc(C)n3)c1)n2C. The minimum absolute atomic E-state index is 0.412. The van der Waals surface area contributed by atoms with Gasteiger partial charge in [-0.25, -0.2) is 14.5 Å². The lowest BCUT2D eigenvalue weighted by Crippen LogP contribution is -2.24. The van der Waals surface area contributed by atoms with Gasteiger partial charge in [0.1, 0.15) is 0 Å². The fourth-order valence-electron chi connectivity index (χ4n) is 5.30. The van der Waals surface area contributed by atoms with Crippen LogP contribution >= 0.6 is 0 Å². The van der Waals surface area contributed by atoms with Gasteiger partial charge in [-0.05, 0) is 42.3 Å². The van der Waals surface area contributed by atoms with Crippen LogP contribution in [0, 0.1) is 6.92 Å². The van der Waals surface area contributed by atoms with Gasteiger partial charge in [0.05, 0.1) is 29.6 Å². The summed E-state index contributed by atoms with van der Waals surface area (Å²) in [5, 5.41) is 5.38. The van der Waals surface area contributed by atoms with Crippen molar-refractivity contribution in [1.29, 1.82) is 0 Å². The number of methoxy groups -OCH3 is 1. The van der Waals surface area contributed by atoms with Crippen LogP contribution in [-0.4, -0.2) is 32.4 Å². The molecule has 0 spiro atoms. The number of pyridine rings is 1. The van der Waals surface area contributed by atoms with Crippen molar-refractivity contribution in [3.63, 3.8) is 0 Å². The molecule has 0 N–H and O–H groups in total. The molecular formula is C34H31N5O2. The van der Waals surface area contributed by atoms with Crippen LogP contribution in [0.1, 0.15) is 27.2 Å².